The zero-order valence-electron chi connectivity index (χ0n) is 11.3. The largest absolute Gasteiger partial charge is 0.461 e. The number of hydrogen-bond donors (Lipinski definition) is 2. The molecule has 0 aromatic heterocycles. The molecule has 0 radical (unpaired) electrons. The molecule has 1 saturated heterocycles. The van der Waals surface area contributed by atoms with Gasteiger partial charge in [0.15, 0.2) is 0 Å². The molecule has 1 amide bonds. The lowest BCUT2D eigenvalue weighted by Crippen LogP contribution is -2.55. The number of carbonyl (C=O) groups is 2. The van der Waals surface area contributed by atoms with Crippen molar-refractivity contribution in [3.8, 4) is 0 Å². The summed E-state index contributed by atoms with van der Waals surface area (Å²) in [6, 6.07) is -0.402. The Labute approximate surface area is 109 Å². The van der Waals surface area contributed by atoms with Crippen LogP contribution >= 0.6 is 0 Å². The van der Waals surface area contributed by atoms with Gasteiger partial charge in [0.2, 0.25) is 5.91 Å². The minimum Gasteiger partial charge on any atom is -0.461 e. The van der Waals surface area contributed by atoms with Crippen LogP contribution in [0.15, 0.2) is 0 Å². The summed E-state index contributed by atoms with van der Waals surface area (Å²) in [5.74, 6) is -0.343. The third-order valence-corrected chi connectivity index (χ3v) is 3.08. The maximum atomic E-state index is 11.8. The molecule has 104 valence electrons. The van der Waals surface area contributed by atoms with Gasteiger partial charge in [0, 0.05) is 6.54 Å². The van der Waals surface area contributed by atoms with Crippen molar-refractivity contribution < 1.29 is 14.3 Å². The second-order valence-electron chi connectivity index (χ2n) is 4.83. The first kappa shape index (κ1) is 15.0. The zero-order valence-corrected chi connectivity index (χ0v) is 11.3. The highest BCUT2D eigenvalue weighted by Crippen LogP contribution is 2.09. The zero-order chi connectivity index (χ0) is 13.4. The number of amides is 1. The van der Waals surface area contributed by atoms with Gasteiger partial charge >= 0.3 is 5.97 Å². The molecule has 2 unspecified atom stereocenters. The highest BCUT2D eigenvalue weighted by atomic mass is 16.5. The van der Waals surface area contributed by atoms with Crippen molar-refractivity contribution in [3.63, 3.8) is 0 Å². The minimum atomic E-state index is -0.402. The van der Waals surface area contributed by atoms with Crippen LogP contribution in [0.1, 0.15) is 46.0 Å². The van der Waals surface area contributed by atoms with Crippen LogP contribution < -0.4 is 10.6 Å². The van der Waals surface area contributed by atoms with E-state index in [0.29, 0.717) is 6.54 Å². The first-order valence-corrected chi connectivity index (χ1v) is 6.84. The molecule has 0 spiro atoms. The van der Waals surface area contributed by atoms with Crippen LogP contribution in [-0.4, -0.2) is 37.1 Å². The molecule has 1 heterocycles. The van der Waals surface area contributed by atoms with Crippen LogP contribution in [0.3, 0.4) is 0 Å². The second kappa shape index (κ2) is 8.08. The van der Waals surface area contributed by atoms with E-state index in [4.69, 9.17) is 4.74 Å². The summed E-state index contributed by atoms with van der Waals surface area (Å²) in [6.07, 6.45) is 5.59. The molecule has 1 rings (SSSR count). The van der Waals surface area contributed by atoms with Crippen LogP contribution in [0.25, 0.3) is 0 Å². The van der Waals surface area contributed by atoms with Gasteiger partial charge in [0.25, 0.3) is 0 Å². The van der Waals surface area contributed by atoms with E-state index in [1.807, 2.05) is 6.92 Å². The first-order valence-electron chi connectivity index (χ1n) is 6.84. The van der Waals surface area contributed by atoms with Crippen molar-refractivity contribution in [2.45, 2.75) is 58.1 Å². The Kier molecular flexibility index (Phi) is 6.72. The molecule has 0 aromatic carbocycles. The maximum absolute atomic E-state index is 11.8. The average molecular weight is 256 g/mol. The number of unbranched alkanes of at least 4 members (excludes halogenated alkanes) is 3. The maximum Gasteiger partial charge on any atom is 0.325 e. The van der Waals surface area contributed by atoms with Crippen molar-refractivity contribution in [2.75, 3.05) is 13.1 Å². The van der Waals surface area contributed by atoms with E-state index in [1.54, 1.807) is 0 Å². The molecule has 18 heavy (non-hydrogen) atoms. The van der Waals surface area contributed by atoms with E-state index in [-0.39, 0.29) is 24.5 Å². The Bertz CT molecular complexity index is 271. The summed E-state index contributed by atoms with van der Waals surface area (Å²) >= 11 is 0. The predicted molar refractivity (Wildman–Crippen MR) is 69.1 cm³/mol. The fourth-order valence-electron chi connectivity index (χ4n) is 1.93. The van der Waals surface area contributed by atoms with E-state index in [1.165, 1.54) is 19.3 Å². The van der Waals surface area contributed by atoms with Crippen LogP contribution in [0.2, 0.25) is 0 Å². The quantitative estimate of drug-likeness (QED) is 0.526. The number of hydrogen-bond acceptors (Lipinski definition) is 4. The molecule has 0 saturated carbocycles. The van der Waals surface area contributed by atoms with E-state index >= 15 is 0 Å². The van der Waals surface area contributed by atoms with Crippen molar-refractivity contribution in [1.29, 1.82) is 0 Å². The van der Waals surface area contributed by atoms with Gasteiger partial charge in [0.05, 0.1) is 12.6 Å². The topological polar surface area (TPSA) is 67.4 Å². The van der Waals surface area contributed by atoms with E-state index in [2.05, 4.69) is 17.6 Å². The van der Waals surface area contributed by atoms with Gasteiger partial charge in [-0.15, -0.1) is 0 Å². The number of esters is 1. The van der Waals surface area contributed by atoms with E-state index < -0.39 is 6.04 Å². The highest BCUT2D eigenvalue weighted by Gasteiger charge is 2.26. The first-order chi connectivity index (χ1) is 8.63. The van der Waals surface area contributed by atoms with Crippen LogP contribution in [-0.2, 0) is 14.3 Å². The molecule has 2 N–H and O–H groups in total. The summed E-state index contributed by atoms with van der Waals surface area (Å²) in [4.78, 5) is 22.7. The Morgan fingerprint density at radius 2 is 2.22 bits per heavy atom. The average Bonchev–Trinajstić information content (AvgIpc) is 2.35. The third-order valence-electron chi connectivity index (χ3n) is 3.08. The molecule has 5 nitrogen and oxygen atoms in total. The summed E-state index contributed by atoms with van der Waals surface area (Å²) in [5.41, 5.74) is 0. The summed E-state index contributed by atoms with van der Waals surface area (Å²) < 4.78 is 5.35. The Morgan fingerprint density at radius 3 is 2.83 bits per heavy atom. The fourth-order valence-corrected chi connectivity index (χ4v) is 1.93. The molecular formula is C13H24N2O3. The molecule has 1 aliphatic rings. The van der Waals surface area contributed by atoms with Crippen LogP contribution in [0.4, 0.5) is 0 Å². The SMILES string of the molecule is CCCCCCC(C)OC(=O)C1CNC(=O)CN1. The molecule has 0 aromatic rings. The molecule has 2 atom stereocenters. The van der Waals surface area contributed by atoms with Crippen LogP contribution in [0.5, 0.6) is 0 Å². The lowest BCUT2D eigenvalue weighted by atomic mass is 10.1. The Balaban J connectivity index is 2.16. The van der Waals surface area contributed by atoms with Crippen molar-refractivity contribution in [3.05, 3.63) is 0 Å². The van der Waals surface area contributed by atoms with Gasteiger partial charge in [-0.2, -0.15) is 0 Å². The highest BCUT2D eigenvalue weighted by molar-refractivity contribution is 5.83. The van der Waals surface area contributed by atoms with Crippen molar-refractivity contribution in [1.82, 2.24) is 10.6 Å². The monoisotopic (exact) mass is 256 g/mol. The second-order valence-corrected chi connectivity index (χ2v) is 4.83. The lowest BCUT2D eigenvalue weighted by Gasteiger charge is -2.24. The Morgan fingerprint density at radius 1 is 1.44 bits per heavy atom. The number of ether oxygens (including phenoxy) is 1. The molecular weight excluding hydrogens is 232 g/mol. The van der Waals surface area contributed by atoms with E-state index in [9.17, 15) is 9.59 Å². The van der Waals surface area contributed by atoms with E-state index in [0.717, 1.165) is 12.8 Å². The summed E-state index contributed by atoms with van der Waals surface area (Å²) in [7, 11) is 0. The summed E-state index contributed by atoms with van der Waals surface area (Å²) in [6.45, 7) is 4.60. The molecule has 1 aliphatic heterocycles. The smallest absolute Gasteiger partial charge is 0.325 e. The van der Waals surface area contributed by atoms with Gasteiger partial charge < -0.3 is 10.1 Å². The molecule has 5 heteroatoms. The molecule has 1 fully saturated rings. The van der Waals surface area contributed by atoms with Gasteiger partial charge in [-0.05, 0) is 19.8 Å². The predicted octanol–water partition coefficient (Wildman–Crippen LogP) is 0.976. The number of rotatable bonds is 7. The van der Waals surface area contributed by atoms with Crippen molar-refractivity contribution in [2.24, 2.45) is 0 Å². The van der Waals surface area contributed by atoms with Gasteiger partial charge in [0.1, 0.15) is 6.04 Å². The van der Waals surface area contributed by atoms with Gasteiger partial charge in [-0.25, -0.2) is 0 Å². The minimum absolute atomic E-state index is 0.0474. The summed E-state index contributed by atoms with van der Waals surface area (Å²) in [5, 5.41) is 5.51. The van der Waals surface area contributed by atoms with Gasteiger partial charge in [-0.1, -0.05) is 26.2 Å². The number of piperazine rings is 1. The molecule has 0 aliphatic carbocycles. The Hall–Kier alpha value is -1.10. The number of carbonyl (C=O) groups excluding carboxylic acids is 2. The normalized spacial score (nSPS) is 21.2. The molecule has 0 bridgehead atoms. The third kappa shape index (κ3) is 5.49. The van der Waals surface area contributed by atoms with Crippen LogP contribution in [0, 0.1) is 0 Å². The van der Waals surface area contributed by atoms with Gasteiger partial charge in [-0.3, -0.25) is 14.9 Å². The standard InChI is InChI=1S/C13H24N2O3/c1-3-4-5-6-7-10(2)18-13(17)11-8-15-12(16)9-14-11/h10-11,14H,3-9H2,1-2H3,(H,15,16). The fraction of sp³-hybridized carbons (Fsp3) is 0.846. The lowest BCUT2D eigenvalue weighted by molar-refractivity contribution is -0.151. The number of nitrogens with one attached hydrogen (secondary N) is 2. The van der Waals surface area contributed by atoms with Crippen molar-refractivity contribution >= 4 is 11.9 Å².